The molecule has 0 saturated carbocycles. The molecule has 2 N–H and O–H groups in total. The molecule has 4 nitrogen and oxygen atoms in total. The van der Waals surface area contributed by atoms with Crippen LogP contribution in [0.25, 0.3) is 0 Å². The van der Waals surface area contributed by atoms with Crippen LogP contribution in [0.1, 0.15) is 18.9 Å². The predicted molar refractivity (Wildman–Crippen MR) is 65.5 cm³/mol. The van der Waals surface area contributed by atoms with Crippen molar-refractivity contribution in [1.29, 1.82) is 0 Å². The molecule has 0 aromatic heterocycles. The summed E-state index contributed by atoms with van der Waals surface area (Å²) in [5.74, 6) is -0.389. The summed E-state index contributed by atoms with van der Waals surface area (Å²) >= 11 is 0. The number of carbonyl (C=O) groups is 1. The number of hydrogen-bond acceptors (Lipinski definition) is 3. The van der Waals surface area contributed by atoms with E-state index < -0.39 is 5.60 Å². The second kappa shape index (κ2) is 6.37. The third-order valence-electron chi connectivity index (χ3n) is 2.59. The first-order chi connectivity index (χ1) is 8.09. The normalized spacial score (nSPS) is 14.1. The van der Waals surface area contributed by atoms with Gasteiger partial charge in [0.15, 0.2) is 5.60 Å². The van der Waals surface area contributed by atoms with Crippen LogP contribution in [0.15, 0.2) is 30.3 Å². The summed E-state index contributed by atoms with van der Waals surface area (Å²) in [7, 11) is 1.61. The Labute approximate surface area is 102 Å². The van der Waals surface area contributed by atoms with E-state index in [0.29, 0.717) is 18.7 Å². The minimum absolute atomic E-state index is 0.389. The van der Waals surface area contributed by atoms with E-state index in [9.17, 15) is 9.90 Å². The number of methoxy groups -OCH3 is 1. The maximum absolute atomic E-state index is 11.8. The van der Waals surface area contributed by atoms with Crippen molar-refractivity contribution in [3.8, 4) is 0 Å². The highest BCUT2D eigenvalue weighted by Gasteiger charge is 2.31. The molecule has 0 spiro atoms. The summed E-state index contributed by atoms with van der Waals surface area (Å²) in [5, 5.41) is 12.9. The Bertz CT molecular complexity index is 349. The summed E-state index contributed by atoms with van der Waals surface area (Å²) in [5.41, 5.74) is -0.904. The Kier molecular flexibility index (Phi) is 5.12. The fourth-order valence-electron chi connectivity index (χ4n) is 1.48. The fraction of sp³-hybridized carbons (Fsp3) is 0.462. The first-order valence-corrected chi connectivity index (χ1v) is 5.64. The summed E-state index contributed by atoms with van der Waals surface area (Å²) < 4.78 is 4.88. The van der Waals surface area contributed by atoms with Crippen molar-refractivity contribution in [2.24, 2.45) is 0 Å². The van der Waals surface area contributed by atoms with Crippen molar-refractivity contribution in [1.82, 2.24) is 5.32 Å². The summed E-state index contributed by atoms with van der Waals surface area (Å²) in [4.78, 5) is 11.8. The molecule has 1 aromatic rings. The van der Waals surface area contributed by atoms with E-state index in [-0.39, 0.29) is 5.91 Å². The van der Waals surface area contributed by atoms with Gasteiger partial charge in [0, 0.05) is 20.3 Å². The Morgan fingerprint density at radius 3 is 2.65 bits per heavy atom. The summed E-state index contributed by atoms with van der Waals surface area (Å²) in [6, 6.07) is 8.89. The van der Waals surface area contributed by atoms with E-state index in [1.54, 1.807) is 31.4 Å². The standard InChI is InChI=1S/C13H19NO3/c1-13(16,11-7-4-3-5-8-11)12(15)14-9-6-10-17-2/h3-5,7-8,16H,6,9-10H2,1-2H3,(H,14,15). The quantitative estimate of drug-likeness (QED) is 0.727. The van der Waals surface area contributed by atoms with Gasteiger partial charge in [-0.3, -0.25) is 4.79 Å². The number of amides is 1. The Morgan fingerprint density at radius 2 is 2.06 bits per heavy atom. The minimum atomic E-state index is -1.49. The van der Waals surface area contributed by atoms with Gasteiger partial charge in [-0.15, -0.1) is 0 Å². The molecule has 0 radical (unpaired) electrons. The van der Waals surface area contributed by atoms with Gasteiger partial charge in [0.1, 0.15) is 0 Å². The van der Waals surface area contributed by atoms with Gasteiger partial charge in [-0.2, -0.15) is 0 Å². The number of rotatable bonds is 6. The van der Waals surface area contributed by atoms with Gasteiger partial charge in [0.2, 0.25) is 0 Å². The lowest BCUT2D eigenvalue weighted by Gasteiger charge is -2.22. The molecule has 1 aromatic carbocycles. The predicted octanol–water partition coefficient (Wildman–Crippen LogP) is 1.05. The van der Waals surface area contributed by atoms with Gasteiger partial charge < -0.3 is 15.2 Å². The monoisotopic (exact) mass is 237 g/mol. The van der Waals surface area contributed by atoms with Gasteiger partial charge in [-0.1, -0.05) is 30.3 Å². The number of nitrogens with one attached hydrogen (secondary N) is 1. The van der Waals surface area contributed by atoms with Crippen molar-refractivity contribution < 1.29 is 14.6 Å². The summed E-state index contributed by atoms with van der Waals surface area (Å²) in [6.07, 6.45) is 0.729. The molecule has 94 valence electrons. The molecular formula is C13H19NO3. The summed E-state index contributed by atoms with van der Waals surface area (Å²) in [6.45, 7) is 2.58. The third-order valence-corrected chi connectivity index (χ3v) is 2.59. The number of aliphatic hydroxyl groups is 1. The average molecular weight is 237 g/mol. The number of benzene rings is 1. The first-order valence-electron chi connectivity index (χ1n) is 5.64. The number of ether oxygens (including phenoxy) is 1. The second-order valence-corrected chi connectivity index (χ2v) is 4.04. The first kappa shape index (κ1) is 13.7. The molecule has 0 saturated heterocycles. The van der Waals surface area contributed by atoms with Crippen LogP contribution in [-0.4, -0.2) is 31.3 Å². The van der Waals surface area contributed by atoms with Crippen LogP contribution in [0.2, 0.25) is 0 Å². The molecule has 1 unspecified atom stereocenters. The lowest BCUT2D eigenvalue weighted by molar-refractivity contribution is -0.139. The van der Waals surface area contributed by atoms with E-state index >= 15 is 0 Å². The van der Waals surface area contributed by atoms with Gasteiger partial charge in [-0.05, 0) is 18.9 Å². The van der Waals surface area contributed by atoms with Crippen LogP contribution >= 0.6 is 0 Å². The molecule has 1 rings (SSSR count). The van der Waals surface area contributed by atoms with Crippen LogP contribution in [0.5, 0.6) is 0 Å². The molecule has 0 aliphatic carbocycles. The molecule has 0 bridgehead atoms. The highest BCUT2D eigenvalue weighted by molar-refractivity contribution is 5.85. The Morgan fingerprint density at radius 1 is 1.41 bits per heavy atom. The molecule has 0 aliphatic heterocycles. The van der Waals surface area contributed by atoms with E-state index in [4.69, 9.17) is 4.74 Å². The average Bonchev–Trinajstić information content (AvgIpc) is 2.35. The number of carbonyl (C=O) groups excluding carboxylic acids is 1. The highest BCUT2D eigenvalue weighted by atomic mass is 16.5. The van der Waals surface area contributed by atoms with Crippen LogP contribution in [0.4, 0.5) is 0 Å². The van der Waals surface area contributed by atoms with Crippen molar-refractivity contribution in [3.05, 3.63) is 35.9 Å². The van der Waals surface area contributed by atoms with Crippen LogP contribution in [-0.2, 0) is 15.1 Å². The zero-order chi connectivity index (χ0) is 12.7. The lowest BCUT2D eigenvalue weighted by atomic mass is 9.95. The molecule has 17 heavy (non-hydrogen) atoms. The smallest absolute Gasteiger partial charge is 0.256 e. The van der Waals surface area contributed by atoms with Crippen LogP contribution in [0.3, 0.4) is 0 Å². The molecule has 0 heterocycles. The Balaban J connectivity index is 2.55. The molecule has 1 amide bonds. The largest absolute Gasteiger partial charge is 0.385 e. The maximum Gasteiger partial charge on any atom is 0.256 e. The van der Waals surface area contributed by atoms with E-state index in [1.807, 2.05) is 6.07 Å². The van der Waals surface area contributed by atoms with Crippen LogP contribution < -0.4 is 5.32 Å². The van der Waals surface area contributed by atoms with Gasteiger partial charge >= 0.3 is 0 Å². The highest BCUT2D eigenvalue weighted by Crippen LogP contribution is 2.19. The van der Waals surface area contributed by atoms with Crippen molar-refractivity contribution in [2.45, 2.75) is 18.9 Å². The molecule has 0 fully saturated rings. The van der Waals surface area contributed by atoms with Crippen molar-refractivity contribution >= 4 is 5.91 Å². The number of hydrogen-bond donors (Lipinski definition) is 2. The van der Waals surface area contributed by atoms with Gasteiger partial charge in [0.25, 0.3) is 5.91 Å². The van der Waals surface area contributed by atoms with Gasteiger partial charge in [-0.25, -0.2) is 0 Å². The van der Waals surface area contributed by atoms with E-state index in [2.05, 4.69) is 5.32 Å². The van der Waals surface area contributed by atoms with Crippen LogP contribution in [0, 0.1) is 0 Å². The lowest BCUT2D eigenvalue weighted by Crippen LogP contribution is -2.42. The molecule has 1 atom stereocenters. The fourth-order valence-corrected chi connectivity index (χ4v) is 1.48. The van der Waals surface area contributed by atoms with E-state index in [1.165, 1.54) is 6.92 Å². The topological polar surface area (TPSA) is 58.6 Å². The molecule has 0 aliphatic rings. The second-order valence-electron chi connectivity index (χ2n) is 4.04. The third kappa shape index (κ3) is 3.84. The molecule has 4 heteroatoms. The van der Waals surface area contributed by atoms with Crippen molar-refractivity contribution in [2.75, 3.05) is 20.3 Å². The van der Waals surface area contributed by atoms with Crippen molar-refractivity contribution in [3.63, 3.8) is 0 Å². The minimum Gasteiger partial charge on any atom is -0.385 e. The van der Waals surface area contributed by atoms with Gasteiger partial charge in [0.05, 0.1) is 0 Å². The maximum atomic E-state index is 11.8. The zero-order valence-electron chi connectivity index (χ0n) is 10.3. The molecular weight excluding hydrogens is 218 g/mol. The zero-order valence-corrected chi connectivity index (χ0v) is 10.3. The Hall–Kier alpha value is -1.39. The SMILES string of the molecule is COCCCNC(=O)C(C)(O)c1ccccc1. The van der Waals surface area contributed by atoms with E-state index in [0.717, 1.165) is 6.42 Å².